The number of rotatable bonds is 14. The van der Waals surface area contributed by atoms with Gasteiger partial charge in [-0.05, 0) is 38.5 Å². The van der Waals surface area contributed by atoms with Gasteiger partial charge in [-0.1, -0.05) is 63.3 Å². The fourth-order valence-corrected chi connectivity index (χ4v) is 2.09. The van der Waals surface area contributed by atoms with E-state index in [1.807, 2.05) is 0 Å². The van der Waals surface area contributed by atoms with Crippen LogP contribution in [0.1, 0.15) is 84.0 Å². The minimum Gasteiger partial charge on any atom is -0.481 e. The van der Waals surface area contributed by atoms with Crippen LogP contribution >= 0.6 is 0 Å². The Kier molecular flexibility index (Phi) is 15.2. The summed E-state index contributed by atoms with van der Waals surface area (Å²) >= 11 is 0. The maximum absolute atomic E-state index is 10.3. The van der Waals surface area contributed by atoms with Gasteiger partial charge in [-0.15, -0.1) is 0 Å². The van der Waals surface area contributed by atoms with E-state index in [0.29, 0.717) is 6.42 Å². The van der Waals surface area contributed by atoms with Crippen LogP contribution < -0.4 is 0 Å². The summed E-state index contributed by atoms with van der Waals surface area (Å²) in [6.45, 7) is 2.23. The van der Waals surface area contributed by atoms with Gasteiger partial charge in [0.05, 0.1) is 0 Å². The first kappa shape index (κ1) is 18.9. The number of hydrogen-bond acceptors (Lipinski definition) is 1. The summed E-state index contributed by atoms with van der Waals surface area (Å²) in [6, 6.07) is 0. The molecule has 0 atom stereocenters. The lowest BCUT2D eigenvalue weighted by atomic mass is 10.1. The molecule has 0 aromatic carbocycles. The SMILES string of the molecule is [11CH3]CCCC/C=C\C/C=C\CCCCCCCC(=O)O. The van der Waals surface area contributed by atoms with E-state index in [1.54, 1.807) is 0 Å². The summed E-state index contributed by atoms with van der Waals surface area (Å²) < 4.78 is 0. The molecule has 116 valence electrons. The zero-order chi connectivity index (χ0) is 14.9. The molecule has 2 heteroatoms. The lowest BCUT2D eigenvalue weighted by molar-refractivity contribution is -0.137. The van der Waals surface area contributed by atoms with E-state index in [2.05, 4.69) is 31.2 Å². The Labute approximate surface area is 125 Å². The van der Waals surface area contributed by atoms with Crippen molar-refractivity contribution in [3.63, 3.8) is 0 Å². The zero-order valence-corrected chi connectivity index (χ0v) is 13.2. The Bertz CT molecular complexity index is 267. The van der Waals surface area contributed by atoms with Crippen molar-refractivity contribution >= 4 is 5.97 Å². The van der Waals surface area contributed by atoms with Crippen molar-refractivity contribution in [1.82, 2.24) is 0 Å². The number of aliphatic carboxylic acids is 1. The minimum absolute atomic E-state index is 0.324. The standard InChI is InChI=1S/C18H32O2/c1-2-3-4-5-6-7-8-9-10-11-12-13-14-15-16-17-18(19)20/h6-7,9-10H,2-5,8,11-17H2,1H3,(H,19,20)/b7-6-,10-9-/i1-1. The lowest BCUT2D eigenvalue weighted by Gasteiger charge is -1.98. The third-order valence-electron chi connectivity index (χ3n) is 3.34. The number of carboxylic acid groups (broad SMARTS) is 1. The summed E-state index contributed by atoms with van der Waals surface area (Å²) in [5.74, 6) is -0.671. The van der Waals surface area contributed by atoms with Gasteiger partial charge >= 0.3 is 5.97 Å². The van der Waals surface area contributed by atoms with E-state index >= 15 is 0 Å². The molecule has 0 aliphatic heterocycles. The van der Waals surface area contributed by atoms with Crippen LogP contribution in [0.25, 0.3) is 0 Å². The van der Waals surface area contributed by atoms with Crippen molar-refractivity contribution in [3.8, 4) is 0 Å². The molecule has 0 aromatic rings. The van der Waals surface area contributed by atoms with Gasteiger partial charge in [-0.2, -0.15) is 0 Å². The number of carbonyl (C=O) groups is 1. The van der Waals surface area contributed by atoms with Crippen LogP contribution in [0.4, 0.5) is 0 Å². The molecule has 1 N–H and O–H groups in total. The Morgan fingerprint density at radius 1 is 0.800 bits per heavy atom. The van der Waals surface area contributed by atoms with Crippen LogP contribution in [-0.2, 0) is 4.79 Å². The number of hydrogen-bond donors (Lipinski definition) is 1. The number of allylic oxidation sites excluding steroid dienone is 4. The fourth-order valence-electron chi connectivity index (χ4n) is 2.09. The van der Waals surface area contributed by atoms with Crippen molar-refractivity contribution in [2.24, 2.45) is 0 Å². The van der Waals surface area contributed by atoms with Gasteiger partial charge in [0.25, 0.3) is 0 Å². The molecule has 20 heavy (non-hydrogen) atoms. The molecular weight excluding hydrogens is 247 g/mol. The van der Waals surface area contributed by atoms with Crippen molar-refractivity contribution in [2.45, 2.75) is 84.0 Å². The molecule has 0 bridgehead atoms. The summed E-state index contributed by atoms with van der Waals surface area (Å²) in [5.41, 5.74) is 0. The monoisotopic (exact) mass is 279 g/mol. The quantitative estimate of drug-likeness (QED) is 0.318. The first-order valence-electron chi connectivity index (χ1n) is 8.29. The van der Waals surface area contributed by atoms with Gasteiger partial charge in [-0.25, -0.2) is 0 Å². The third kappa shape index (κ3) is 16.9. The normalized spacial score (nSPS) is 11.7. The first-order chi connectivity index (χ1) is 9.77. The average Bonchev–Trinajstić information content (AvgIpc) is 2.43. The van der Waals surface area contributed by atoms with E-state index in [0.717, 1.165) is 25.7 Å². The molecule has 0 rings (SSSR count). The molecule has 0 saturated heterocycles. The second kappa shape index (κ2) is 16.0. The molecule has 0 fully saturated rings. The van der Waals surface area contributed by atoms with E-state index < -0.39 is 5.97 Å². The van der Waals surface area contributed by atoms with Crippen molar-refractivity contribution < 1.29 is 9.90 Å². The number of carboxylic acids is 1. The molecule has 0 aliphatic rings. The Hall–Kier alpha value is -1.05. The van der Waals surface area contributed by atoms with E-state index in [-0.39, 0.29) is 0 Å². The fraction of sp³-hybridized carbons (Fsp3) is 0.722. The van der Waals surface area contributed by atoms with Gasteiger partial charge < -0.3 is 5.11 Å². The predicted molar refractivity (Wildman–Crippen MR) is 87.0 cm³/mol. The largest absolute Gasteiger partial charge is 0.481 e. The van der Waals surface area contributed by atoms with Crippen LogP contribution in [0.2, 0.25) is 0 Å². The lowest BCUT2D eigenvalue weighted by Crippen LogP contribution is -1.93. The molecule has 0 amide bonds. The topological polar surface area (TPSA) is 37.3 Å². The zero-order valence-electron chi connectivity index (χ0n) is 13.2. The van der Waals surface area contributed by atoms with Crippen molar-refractivity contribution in [1.29, 1.82) is 0 Å². The second-order valence-electron chi connectivity index (χ2n) is 5.37. The molecular formula is C18H32O2. The van der Waals surface area contributed by atoms with E-state index in [4.69, 9.17) is 5.11 Å². The molecule has 0 aliphatic carbocycles. The summed E-state index contributed by atoms with van der Waals surface area (Å²) in [4.78, 5) is 10.3. The Morgan fingerprint density at radius 3 is 1.95 bits per heavy atom. The molecule has 0 radical (unpaired) electrons. The molecule has 0 unspecified atom stereocenters. The highest BCUT2D eigenvalue weighted by atomic mass is 16.4. The van der Waals surface area contributed by atoms with Crippen LogP contribution in [-0.4, -0.2) is 11.1 Å². The highest BCUT2D eigenvalue weighted by Gasteiger charge is 1.95. The van der Waals surface area contributed by atoms with Gasteiger partial charge in [-0.3, -0.25) is 4.79 Å². The smallest absolute Gasteiger partial charge is 0.303 e. The Balaban J connectivity index is 3.17. The average molecular weight is 279 g/mol. The van der Waals surface area contributed by atoms with Gasteiger partial charge in [0.2, 0.25) is 0 Å². The van der Waals surface area contributed by atoms with Gasteiger partial charge in [0, 0.05) is 6.42 Å². The maximum Gasteiger partial charge on any atom is 0.303 e. The maximum atomic E-state index is 10.3. The number of unbranched alkanes of at least 4 members (excludes halogenated alkanes) is 8. The summed E-state index contributed by atoms with van der Waals surface area (Å²) in [5, 5.41) is 8.50. The second-order valence-corrected chi connectivity index (χ2v) is 5.37. The summed E-state index contributed by atoms with van der Waals surface area (Å²) in [6.07, 6.45) is 22.3. The van der Waals surface area contributed by atoms with Crippen LogP contribution in [0, 0.1) is 0 Å². The van der Waals surface area contributed by atoms with Gasteiger partial charge in [0.15, 0.2) is 0 Å². The predicted octanol–water partition coefficient (Wildman–Crippen LogP) is 5.88. The summed E-state index contributed by atoms with van der Waals surface area (Å²) in [7, 11) is 0. The van der Waals surface area contributed by atoms with Crippen LogP contribution in [0.5, 0.6) is 0 Å². The third-order valence-corrected chi connectivity index (χ3v) is 3.34. The van der Waals surface area contributed by atoms with E-state index in [1.165, 1.54) is 44.9 Å². The molecule has 0 aromatic heterocycles. The van der Waals surface area contributed by atoms with Gasteiger partial charge in [0.1, 0.15) is 0 Å². The van der Waals surface area contributed by atoms with E-state index in [9.17, 15) is 4.79 Å². The molecule has 0 spiro atoms. The van der Waals surface area contributed by atoms with Crippen LogP contribution in [0.3, 0.4) is 0 Å². The molecule has 2 nitrogen and oxygen atoms in total. The van der Waals surface area contributed by atoms with Crippen molar-refractivity contribution in [2.75, 3.05) is 0 Å². The Morgan fingerprint density at radius 2 is 1.35 bits per heavy atom. The highest BCUT2D eigenvalue weighted by molar-refractivity contribution is 5.66. The minimum atomic E-state index is -0.671. The molecule has 0 saturated carbocycles. The van der Waals surface area contributed by atoms with Crippen LogP contribution in [0.15, 0.2) is 24.3 Å². The molecule has 0 heterocycles. The highest BCUT2D eigenvalue weighted by Crippen LogP contribution is 2.08. The van der Waals surface area contributed by atoms with Crippen molar-refractivity contribution in [3.05, 3.63) is 24.3 Å². The first-order valence-corrected chi connectivity index (χ1v) is 8.29.